The molecule has 0 amide bonds. The van der Waals surface area contributed by atoms with Gasteiger partial charge in [0, 0.05) is 19.4 Å². The van der Waals surface area contributed by atoms with Crippen molar-refractivity contribution in [3.8, 4) is 11.5 Å². The second kappa shape index (κ2) is 3.89. The smallest absolute Gasteiger partial charge is 0.246 e. The van der Waals surface area contributed by atoms with Gasteiger partial charge in [0.2, 0.25) is 5.79 Å². The van der Waals surface area contributed by atoms with Crippen LogP contribution in [0.2, 0.25) is 0 Å². The molecule has 1 aromatic carbocycles. The van der Waals surface area contributed by atoms with Gasteiger partial charge in [-0.1, -0.05) is 25.3 Å². The van der Waals surface area contributed by atoms with Crippen molar-refractivity contribution in [3.05, 3.63) is 23.8 Å². The van der Waals surface area contributed by atoms with Crippen molar-refractivity contribution >= 4 is 0 Å². The first-order chi connectivity index (χ1) is 8.49. The predicted octanol–water partition coefficient (Wildman–Crippen LogP) is 3.31. The molecule has 18 heavy (non-hydrogen) atoms. The summed E-state index contributed by atoms with van der Waals surface area (Å²) in [5.41, 5.74) is 7.55. The van der Waals surface area contributed by atoms with E-state index in [1.807, 2.05) is 19.9 Å². The average Bonchev–Trinajstić information content (AvgIpc) is 2.62. The lowest BCUT2D eigenvalue weighted by atomic mass is 9.77. The topological polar surface area (TPSA) is 44.5 Å². The van der Waals surface area contributed by atoms with Crippen molar-refractivity contribution < 1.29 is 9.47 Å². The van der Waals surface area contributed by atoms with Crippen molar-refractivity contribution in [3.63, 3.8) is 0 Å². The fraction of sp³-hybridized carbons (Fsp3) is 0.600. The van der Waals surface area contributed by atoms with Gasteiger partial charge in [0.25, 0.3) is 0 Å². The Morgan fingerprint density at radius 3 is 2.39 bits per heavy atom. The Labute approximate surface area is 108 Å². The molecular formula is C15H21NO2. The molecule has 2 N–H and O–H groups in total. The van der Waals surface area contributed by atoms with Gasteiger partial charge < -0.3 is 15.2 Å². The van der Waals surface area contributed by atoms with E-state index in [2.05, 4.69) is 12.1 Å². The molecule has 0 bridgehead atoms. The van der Waals surface area contributed by atoms with Crippen molar-refractivity contribution in [2.45, 2.75) is 57.3 Å². The molecule has 1 aliphatic heterocycles. The van der Waals surface area contributed by atoms with E-state index in [4.69, 9.17) is 15.2 Å². The van der Waals surface area contributed by atoms with E-state index in [1.165, 1.54) is 24.8 Å². The van der Waals surface area contributed by atoms with Crippen molar-refractivity contribution in [1.29, 1.82) is 0 Å². The fourth-order valence-corrected chi connectivity index (χ4v) is 3.00. The summed E-state index contributed by atoms with van der Waals surface area (Å²) in [6, 6.07) is 6.15. The van der Waals surface area contributed by atoms with E-state index in [0.717, 1.165) is 24.3 Å². The van der Waals surface area contributed by atoms with Gasteiger partial charge in [0.05, 0.1) is 0 Å². The van der Waals surface area contributed by atoms with E-state index < -0.39 is 5.79 Å². The molecule has 1 fully saturated rings. The summed E-state index contributed by atoms with van der Waals surface area (Å²) < 4.78 is 11.5. The highest BCUT2D eigenvalue weighted by molar-refractivity contribution is 5.47. The molecule has 3 heteroatoms. The lowest BCUT2D eigenvalue weighted by Gasteiger charge is -2.34. The van der Waals surface area contributed by atoms with Gasteiger partial charge >= 0.3 is 0 Å². The van der Waals surface area contributed by atoms with E-state index in [-0.39, 0.29) is 5.54 Å². The standard InChI is InChI=1S/C15H21NO2/c1-14(2)17-12-7-6-11(10-13(12)18-14)15(16)8-4-3-5-9-15/h6-7,10H,3-5,8-9,16H2,1-2H3. The van der Waals surface area contributed by atoms with Gasteiger partial charge in [-0.25, -0.2) is 0 Å². The number of hydrogen-bond donors (Lipinski definition) is 1. The van der Waals surface area contributed by atoms with Crippen molar-refractivity contribution in [1.82, 2.24) is 0 Å². The summed E-state index contributed by atoms with van der Waals surface area (Å²) >= 11 is 0. The van der Waals surface area contributed by atoms with Crippen LogP contribution < -0.4 is 15.2 Å². The van der Waals surface area contributed by atoms with Crippen LogP contribution in [0.25, 0.3) is 0 Å². The van der Waals surface area contributed by atoms with Crippen molar-refractivity contribution in [2.75, 3.05) is 0 Å². The third-order valence-corrected chi connectivity index (χ3v) is 3.98. The lowest BCUT2D eigenvalue weighted by Crippen LogP contribution is -2.38. The molecule has 3 nitrogen and oxygen atoms in total. The highest BCUT2D eigenvalue weighted by Crippen LogP contribution is 2.43. The summed E-state index contributed by atoms with van der Waals surface area (Å²) in [5.74, 6) is 1.09. The zero-order valence-electron chi connectivity index (χ0n) is 11.2. The van der Waals surface area contributed by atoms with Crippen LogP contribution in [0.4, 0.5) is 0 Å². The van der Waals surface area contributed by atoms with Crippen molar-refractivity contribution in [2.24, 2.45) is 5.73 Å². The van der Waals surface area contributed by atoms with Crippen LogP contribution in [-0.4, -0.2) is 5.79 Å². The fourth-order valence-electron chi connectivity index (χ4n) is 3.00. The molecule has 0 atom stereocenters. The summed E-state index contributed by atoms with van der Waals surface area (Å²) in [4.78, 5) is 0. The third-order valence-electron chi connectivity index (χ3n) is 3.98. The van der Waals surface area contributed by atoms with Crippen LogP contribution in [0.1, 0.15) is 51.5 Å². The minimum Gasteiger partial charge on any atom is -0.449 e. The molecule has 1 saturated carbocycles. The molecule has 0 aromatic heterocycles. The van der Waals surface area contributed by atoms with Crippen LogP contribution in [-0.2, 0) is 5.54 Å². The quantitative estimate of drug-likeness (QED) is 0.828. The molecule has 3 rings (SSSR count). The number of hydrogen-bond acceptors (Lipinski definition) is 3. The first kappa shape index (κ1) is 11.8. The highest BCUT2D eigenvalue weighted by atomic mass is 16.7. The molecule has 1 heterocycles. The maximum atomic E-state index is 6.55. The maximum Gasteiger partial charge on any atom is 0.246 e. The summed E-state index contributed by atoms with van der Waals surface area (Å²) in [7, 11) is 0. The Kier molecular flexibility index (Phi) is 2.56. The molecule has 1 aromatic rings. The van der Waals surface area contributed by atoms with E-state index >= 15 is 0 Å². The minimum atomic E-state index is -0.560. The lowest BCUT2D eigenvalue weighted by molar-refractivity contribution is -0.0431. The Bertz CT molecular complexity index is 462. The normalized spacial score (nSPS) is 23.9. The summed E-state index contributed by atoms with van der Waals surface area (Å²) in [6.45, 7) is 3.84. The number of nitrogens with two attached hydrogens (primary N) is 1. The second-order valence-corrected chi connectivity index (χ2v) is 5.98. The largest absolute Gasteiger partial charge is 0.449 e. The van der Waals surface area contributed by atoms with E-state index in [1.54, 1.807) is 0 Å². The van der Waals surface area contributed by atoms with Crippen LogP contribution in [0.15, 0.2) is 18.2 Å². The summed E-state index contributed by atoms with van der Waals surface area (Å²) in [5, 5.41) is 0. The molecule has 0 unspecified atom stereocenters. The van der Waals surface area contributed by atoms with Gasteiger partial charge in [-0.05, 0) is 30.5 Å². The number of benzene rings is 1. The predicted molar refractivity (Wildman–Crippen MR) is 70.7 cm³/mol. The monoisotopic (exact) mass is 247 g/mol. The molecule has 0 radical (unpaired) electrons. The van der Waals surface area contributed by atoms with Crippen LogP contribution >= 0.6 is 0 Å². The number of fused-ring (bicyclic) bond motifs is 1. The zero-order chi connectivity index (χ0) is 12.8. The first-order valence-electron chi connectivity index (χ1n) is 6.80. The number of ether oxygens (including phenoxy) is 2. The van der Waals surface area contributed by atoms with E-state index in [0.29, 0.717) is 0 Å². The highest BCUT2D eigenvalue weighted by Gasteiger charge is 2.35. The van der Waals surface area contributed by atoms with Gasteiger partial charge in [0.15, 0.2) is 11.5 Å². The number of rotatable bonds is 1. The first-order valence-corrected chi connectivity index (χ1v) is 6.80. The minimum absolute atomic E-state index is 0.177. The molecule has 0 saturated heterocycles. The zero-order valence-corrected chi connectivity index (χ0v) is 11.2. The Morgan fingerprint density at radius 1 is 1.00 bits per heavy atom. The van der Waals surface area contributed by atoms with Gasteiger partial charge in [0.1, 0.15) is 0 Å². The van der Waals surface area contributed by atoms with Gasteiger partial charge in [-0.15, -0.1) is 0 Å². The maximum absolute atomic E-state index is 6.55. The Hall–Kier alpha value is -1.22. The second-order valence-electron chi connectivity index (χ2n) is 5.98. The molecular weight excluding hydrogens is 226 g/mol. The third kappa shape index (κ3) is 1.97. The van der Waals surface area contributed by atoms with E-state index in [9.17, 15) is 0 Å². The van der Waals surface area contributed by atoms with Gasteiger partial charge in [-0.3, -0.25) is 0 Å². The molecule has 2 aliphatic rings. The average molecular weight is 247 g/mol. The van der Waals surface area contributed by atoms with Crippen LogP contribution in [0.5, 0.6) is 11.5 Å². The molecule has 0 spiro atoms. The Morgan fingerprint density at radius 2 is 1.67 bits per heavy atom. The Balaban J connectivity index is 1.92. The molecule has 1 aliphatic carbocycles. The molecule has 98 valence electrons. The SMILES string of the molecule is CC1(C)Oc2ccc(C3(N)CCCCC3)cc2O1. The summed E-state index contributed by atoms with van der Waals surface area (Å²) in [6.07, 6.45) is 5.87. The van der Waals surface area contributed by atoms with Crippen LogP contribution in [0.3, 0.4) is 0 Å². The van der Waals surface area contributed by atoms with Gasteiger partial charge in [-0.2, -0.15) is 0 Å². The van der Waals surface area contributed by atoms with Crippen LogP contribution in [0, 0.1) is 0 Å².